The number of hydrogen-bond acceptors (Lipinski definition) is 4. The van der Waals surface area contributed by atoms with Crippen LogP contribution in [-0.2, 0) is 9.48 Å². The molecule has 0 fully saturated rings. The first-order valence-corrected chi connectivity index (χ1v) is 12.4. The highest BCUT2D eigenvalue weighted by Crippen LogP contribution is 2.57. The molecule has 1 unspecified atom stereocenters. The lowest BCUT2D eigenvalue weighted by Gasteiger charge is -2.30. The van der Waals surface area contributed by atoms with Gasteiger partial charge in [-0.15, -0.1) is 0 Å². The Morgan fingerprint density at radius 3 is 2.17 bits per heavy atom. The number of nitrogens with zero attached hydrogens (tertiary/aromatic N) is 1. The molecule has 4 rings (SSSR count). The highest BCUT2D eigenvalue weighted by Gasteiger charge is 2.60. The van der Waals surface area contributed by atoms with Crippen LogP contribution in [0.15, 0.2) is 52.9 Å². The molecule has 0 bridgehead atoms. The molecule has 0 aliphatic carbocycles. The van der Waals surface area contributed by atoms with Gasteiger partial charge in [-0.3, -0.25) is 0 Å². The van der Waals surface area contributed by atoms with Crippen LogP contribution in [0.2, 0.25) is 15.1 Å². The van der Waals surface area contributed by atoms with Crippen molar-refractivity contribution in [2.45, 2.75) is 43.7 Å². The van der Waals surface area contributed by atoms with Crippen LogP contribution >= 0.6 is 46.8 Å². The first-order valence-electron chi connectivity index (χ1n) is 10.5. The Morgan fingerprint density at radius 1 is 1.00 bits per heavy atom. The summed E-state index contributed by atoms with van der Waals surface area (Å²) in [5.74, 6) is -0.516. The van der Waals surface area contributed by atoms with E-state index in [9.17, 15) is 18.0 Å². The van der Waals surface area contributed by atoms with Crippen LogP contribution in [0.4, 0.5) is 13.2 Å². The second kappa shape index (κ2) is 9.18. The Labute approximate surface area is 219 Å². The van der Waals surface area contributed by atoms with Crippen molar-refractivity contribution in [1.29, 1.82) is 0 Å². The average Bonchev–Trinajstić information content (AvgIpc) is 3.22. The Kier molecular flexibility index (Phi) is 6.86. The van der Waals surface area contributed by atoms with Gasteiger partial charge in [0.1, 0.15) is 5.60 Å². The third-order valence-electron chi connectivity index (χ3n) is 5.49. The minimum absolute atomic E-state index is 0.0118. The molecule has 3 nitrogen and oxygen atoms in total. The quantitative estimate of drug-likeness (QED) is 0.182. The van der Waals surface area contributed by atoms with E-state index in [4.69, 9.17) is 39.5 Å². The summed E-state index contributed by atoms with van der Waals surface area (Å²) >= 11 is 18.5. The average molecular weight is 561 g/mol. The van der Waals surface area contributed by atoms with E-state index >= 15 is 0 Å². The molecule has 0 spiro atoms. The molecule has 0 saturated carbocycles. The van der Waals surface area contributed by atoms with Crippen LogP contribution in [0.1, 0.15) is 48.7 Å². The van der Waals surface area contributed by atoms with Crippen LogP contribution < -0.4 is 0 Å². The lowest BCUT2D eigenvalue weighted by Crippen LogP contribution is -2.38. The first kappa shape index (κ1) is 26.1. The standard InChI is InChI=1S/C25H19Cl3F3NO2S/c1-23(2,3)34-22(33)17-9-8-16(14-6-4-5-7-15(14)17)20-12-24(35-32-20,25(29,30)31)13-10-18(26)21(28)19(27)11-13/h4-11H,12H2,1-3H3. The summed E-state index contributed by atoms with van der Waals surface area (Å²) in [4.78, 5) is 12.8. The van der Waals surface area contributed by atoms with Crippen LogP contribution in [0.5, 0.6) is 0 Å². The van der Waals surface area contributed by atoms with Gasteiger partial charge in [-0.2, -0.15) is 13.2 Å². The summed E-state index contributed by atoms with van der Waals surface area (Å²) in [5.41, 5.74) is 0.224. The van der Waals surface area contributed by atoms with Crippen LogP contribution in [0, 0.1) is 0 Å². The molecule has 3 aromatic carbocycles. The third-order valence-corrected chi connectivity index (χ3v) is 7.92. The summed E-state index contributed by atoms with van der Waals surface area (Å²) < 4.78 is 50.9. The molecular weight excluding hydrogens is 542 g/mol. The van der Waals surface area contributed by atoms with Crippen molar-refractivity contribution in [3.05, 3.63) is 80.3 Å². The Morgan fingerprint density at radius 2 is 1.60 bits per heavy atom. The second-order valence-electron chi connectivity index (χ2n) is 9.09. The molecule has 1 heterocycles. The van der Waals surface area contributed by atoms with Crippen molar-refractivity contribution in [3.8, 4) is 0 Å². The van der Waals surface area contributed by atoms with Crippen molar-refractivity contribution < 1.29 is 22.7 Å². The number of carbonyl (C=O) groups excluding carboxylic acids is 1. The predicted octanol–water partition coefficient (Wildman–Crippen LogP) is 9.05. The number of rotatable bonds is 3. The topological polar surface area (TPSA) is 38.7 Å². The molecule has 3 aromatic rings. The lowest BCUT2D eigenvalue weighted by molar-refractivity contribution is -0.159. The predicted molar refractivity (Wildman–Crippen MR) is 137 cm³/mol. The van der Waals surface area contributed by atoms with Crippen molar-refractivity contribution in [3.63, 3.8) is 0 Å². The molecule has 0 radical (unpaired) electrons. The van der Waals surface area contributed by atoms with E-state index in [2.05, 4.69) is 4.40 Å². The van der Waals surface area contributed by atoms with Gasteiger partial charge in [0.05, 0.1) is 26.3 Å². The van der Waals surface area contributed by atoms with Gasteiger partial charge < -0.3 is 4.74 Å². The van der Waals surface area contributed by atoms with Crippen LogP contribution in [0.25, 0.3) is 10.8 Å². The Balaban J connectivity index is 1.80. The van der Waals surface area contributed by atoms with Crippen molar-refractivity contribution in [2.75, 3.05) is 0 Å². The molecule has 0 N–H and O–H groups in total. The van der Waals surface area contributed by atoms with E-state index in [-0.39, 0.29) is 26.3 Å². The molecule has 1 atom stereocenters. The van der Waals surface area contributed by atoms with Crippen molar-refractivity contribution >= 4 is 69.2 Å². The van der Waals surface area contributed by atoms with Gasteiger partial charge >= 0.3 is 12.1 Å². The minimum atomic E-state index is -4.67. The molecule has 1 aliphatic rings. The smallest absolute Gasteiger partial charge is 0.409 e. The van der Waals surface area contributed by atoms with Crippen LogP contribution in [0.3, 0.4) is 0 Å². The molecule has 0 aromatic heterocycles. The second-order valence-corrected chi connectivity index (χ2v) is 11.3. The fourth-order valence-electron chi connectivity index (χ4n) is 3.90. The first-order chi connectivity index (χ1) is 16.2. The van der Waals surface area contributed by atoms with E-state index in [1.54, 1.807) is 57.2 Å². The summed E-state index contributed by atoms with van der Waals surface area (Å²) in [6, 6.07) is 12.5. The number of hydrogen-bond donors (Lipinski definition) is 0. The Hall–Kier alpha value is -1.93. The summed E-state index contributed by atoms with van der Waals surface area (Å²) in [7, 11) is 0. The van der Waals surface area contributed by atoms with Gasteiger partial charge in [0.15, 0.2) is 4.75 Å². The number of carbonyl (C=O) groups is 1. The molecule has 0 saturated heterocycles. The molecule has 0 amide bonds. The fourth-order valence-corrected chi connectivity index (χ4v) is 5.45. The highest BCUT2D eigenvalue weighted by molar-refractivity contribution is 7.99. The molecule has 35 heavy (non-hydrogen) atoms. The molecule has 184 valence electrons. The van der Waals surface area contributed by atoms with Crippen molar-refractivity contribution in [2.24, 2.45) is 4.40 Å². The summed E-state index contributed by atoms with van der Waals surface area (Å²) in [6.45, 7) is 5.29. The van der Waals surface area contributed by atoms with E-state index in [1.165, 1.54) is 12.1 Å². The molecular formula is C25H19Cl3F3NO2S. The number of ether oxygens (including phenoxy) is 1. The Bertz CT molecular complexity index is 1350. The monoisotopic (exact) mass is 559 g/mol. The lowest BCUT2D eigenvalue weighted by atomic mass is 9.87. The zero-order valence-corrected chi connectivity index (χ0v) is 21.8. The van der Waals surface area contributed by atoms with Gasteiger partial charge in [-0.25, -0.2) is 9.19 Å². The number of benzene rings is 3. The number of fused-ring (bicyclic) bond motifs is 1. The molecule has 1 aliphatic heterocycles. The molecule has 10 heteroatoms. The largest absolute Gasteiger partial charge is 0.456 e. The minimum Gasteiger partial charge on any atom is -0.456 e. The van der Waals surface area contributed by atoms with Gasteiger partial charge in [-0.05, 0) is 67.3 Å². The van der Waals surface area contributed by atoms with Crippen LogP contribution in [-0.4, -0.2) is 23.5 Å². The number of alkyl halides is 3. The van der Waals surface area contributed by atoms with E-state index in [0.29, 0.717) is 33.8 Å². The van der Waals surface area contributed by atoms with Gasteiger partial charge in [0.25, 0.3) is 0 Å². The zero-order valence-electron chi connectivity index (χ0n) is 18.8. The third kappa shape index (κ3) is 4.88. The number of halogens is 6. The van der Waals surface area contributed by atoms with E-state index in [1.807, 2.05) is 0 Å². The van der Waals surface area contributed by atoms with Gasteiger partial charge in [0, 0.05) is 12.0 Å². The maximum atomic E-state index is 14.5. The summed E-state index contributed by atoms with van der Waals surface area (Å²) in [5, 5.41) is 1.01. The van der Waals surface area contributed by atoms with Gasteiger partial charge in [0.2, 0.25) is 0 Å². The van der Waals surface area contributed by atoms with E-state index < -0.39 is 28.9 Å². The fraction of sp³-hybridized carbons (Fsp3) is 0.280. The summed E-state index contributed by atoms with van der Waals surface area (Å²) in [6.07, 6.45) is -5.12. The highest BCUT2D eigenvalue weighted by atomic mass is 35.5. The van der Waals surface area contributed by atoms with E-state index in [0.717, 1.165) is 0 Å². The zero-order chi connectivity index (χ0) is 25.8. The maximum absolute atomic E-state index is 14.5. The SMILES string of the molecule is CC(C)(C)OC(=O)c1ccc(C2=NSC(c3cc(Cl)c(Cl)c(Cl)c3)(C(F)(F)F)C2)c2ccccc12. The number of esters is 1. The normalized spacial score (nSPS) is 18.6. The van der Waals surface area contributed by atoms with Gasteiger partial charge in [-0.1, -0.05) is 65.1 Å². The van der Waals surface area contributed by atoms with Crippen molar-refractivity contribution in [1.82, 2.24) is 0 Å². The maximum Gasteiger partial charge on any atom is 0.409 e.